The predicted molar refractivity (Wildman–Crippen MR) is 105 cm³/mol. The molecule has 0 aliphatic carbocycles. The van der Waals surface area contributed by atoms with Gasteiger partial charge in [0.05, 0.1) is 12.8 Å². The van der Waals surface area contributed by atoms with Crippen molar-refractivity contribution < 1.29 is 14.3 Å². The number of rotatable bonds is 6. The smallest absolute Gasteiger partial charge is 0.262 e. The summed E-state index contributed by atoms with van der Waals surface area (Å²) < 4.78 is 12.0. The molecule has 0 aliphatic heterocycles. The number of hydrogen-bond donors (Lipinski definition) is 1. The van der Waals surface area contributed by atoms with Crippen molar-refractivity contribution >= 4 is 39.1 Å². The normalized spacial score (nSPS) is 10.7. The van der Waals surface area contributed by atoms with E-state index in [0.717, 1.165) is 15.6 Å². The Morgan fingerprint density at radius 3 is 2.60 bits per heavy atom. The summed E-state index contributed by atoms with van der Waals surface area (Å²) in [6.45, 7) is 6.05. The van der Waals surface area contributed by atoms with Gasteiger partial charge in [-0.3, -0.25) is 4.79 Å². The number of carbonyl (C=O) groups excluding carboxylic acids is 1. The largest absolute Gasteiger partial charge is 0.495 e. The Morgan fingerprint density at radius 1 is 1.24 bits per heavy atom. The SMILES string of the molecule is COc1ccc(Cl)cc1NC(=O)COc1cc(C)c(Br)cc1C(C)C. The van der Waals surface area contributed by atoms with Crippen LogP contribution >= 0.6 is 27.5 Å². The van der Waals surface area contributed by atoms with Gasteiger partial charge in [-0.1, -0.05) is 41.4 Å². The second kappa shape index (κ2) is 8.59. The molecule has 0 heterocycles. The molecule has 134 valence electrons. The highest BCUT2D eigenvalue weighted by atomic mass is 79.9. The van der Waals surface area contributed by atoms with Crippen LogP contribution in [-0.2, 0) is 4.79 Å². The van der Waals surface area contributed by atoms with Gasteiger partial charge in [0.25, 0.3) is 5.91 Å². The number of carbonyl (C=O) groups is 1. The summed E-state index contributed by atoms with van der Waals surface area (Å²) in [5.74, 6) is 1.25. The number of anilines is 1. The average Bonchev–Trinajstić information content (AvgIpc) is 2.55. The third-order valence-electron chi connectivity index (χ3n) is 3.71. The standard InChI is InChI=1S/C19H21BrClNO3/c1-11(2)14-9-15(20)12(3)7-18(14)25-10-19(23)22-16-8-13(21)5-6-17(16)24-4/h5-9,11H,10H2,1-4H3,(H,22,23). The summed E-state index contributed by atoms with van der Waals surface area (Å²) in [5, 5.41) is 3.28. The van der Waals surface area contributed by atoms with Crippen molar-refractivity contribution in [3.63, 3.8) is 0 Å². The van der Waals surface area contributed by atoms with Gasteiger partial charge in [-0.05, 0) is 54.3 Å². The van der Waals surface area contributed by atoms with E-state index < -0.39 is 0 Å². The van der Waals surface area contributed by atoms with Crippen molar-refractivity contribution in [2.75, 3.05) is 19.0 Å². The van der Waals surface area contributed by atoms with Crippen LogP contribution in [0, 0.1) is 6.92 Å². The number of methoxy groups -OCH3 is 1. The number of ether oxygens (including phenoxy) is 2. The van der Waals surface area contributed by atoms with E-state index in [9.17, 15) is 4.79 Å². The first-order valence-electron chi connectivity index (χ1n) is 7.88. The molecule has 6 heteroatoms. The first kappa shape index (κ1) is 19.6. The number of aryl methyl sites for hydroxylation is 1. The Bertz CT molecular complexity index is 778. The van der Waals surface area contributed by atoms with Crippen LogP contribution in [0.15, 0.2) is 34.8 Å². The van der Waals surface area contributed by atoms with E-state index in [0.29, 0.717) is 22.2 Å². The lowest BCUT2D eigenvalue weighted by Crippen LogP contribution is -2.21. The van der Waals surface area contributed by atoms with Gasteiger partial charge in [0.2, 0.25) is 0 Å². The summed E-state index contributed by atoms with van der Waals surface area (Å²) in [5.41, 5.74) is 2.61. The first-order valence-corrected chi connectivity index (χ1v) is 9.05. The molecular formula is C19H21BrClNO3. The van der Waals surface area contributed by atoms with Crippen molar-refractivity contribution in [2.45, 2.75) is 26.7 Å². The van der Waals surface area contributed by atoms with Gasteiger partial charge in [0.15, 0.2) is 6.61 Å². The lowest BCUT2D eigenvalue weighted by molar-refractivity contribution is -0.118. The Morgan fingerprint density at radius 2 is 1.96 bits per heavy atom. The number of hydrogen-bond acceptors (Lipinski definition) is 3. The molecule has 0 unspecified atom stereocenters. The molecule has 0 bridgehead atoms. The number of benzene rings is 2. The maximum absolute atomic E-state index is 12.3. The van der Waals surface area contributed by atoms with E-state index in [1.807, 2.05) is 19.1 Å². The third kappa shape index (κ3) is 5.13. The molecule has 0 aliphatic rings. The maximum Gasteiger partial charge on any atom is 0.262 e. The zero-order valence-electron chi connectivity index (χ0n) is 14.7. The fraction of sp³-hybridized carbons (Fsp3) is 0.316. The fourth-order valence-electron chi connectivity index (χ4n) is 2.35. The Balaban J connectivity index is 2.11. The van der Waals surface area contributed by atoms with E-state index in [4.69, 9.17) is 21.1 Å². The quantitative estimate of drug-likeness (QED) is 0.658. The zero-order valence-corrected chi connectivity index (χ0v) is 17.0. The number of nitrogens with one attached hydrogen (secondary N) is 1. The molecule has 0 aromatic heterocycles. The van der Waals surface area contributed by atoms with Crippen LogP contribution < -0.4 is 14.8 Å². The van der Waals surface area contributed by atoms with Crippen molar-refractivity contribution in [1.82, 2.24) is 0 Å². The molecule has 0 saturated carbocycles. The van der Waals surface area contributed by atoms with E-state index in [-0.39, 0.29) is 18.4 Å². The lowest BCUT2D eigenvalue weighted by atomic mass is 10.0. The summed E-state index contributed by atoms with van der Waals surface area (Å²) in [6.07, 6.45) is 0. The molecule has 2 aromatic carbocycles. The van der Waals surface area contributed by atoms with Crippen molar-refractivity contribution in [1.29, 1.82) is 0 Å². The van der Waals surface area contributed by atoms with Crippen LogP contribution in [0.5, 0.6) is 11.5 Å². The summed E-state index contributed by atoms with van der Waals surface area (Å²) in [7, 11) is 1.54. The maximum atomic E-state index is 12.3. The van der Waals surface area contributed by atoms with Crippen LogP contribution in [0.25, 0.3) is 0 Å². The molecule has 25 heavy (non-hydrogen) atoms. The molecule has 0 saturated heterocycles. The minimum absolute atomic E-state index is 0.101. The third-order valence-corrected chi connectivity index (χ3v) is 4.80. The highest BCUT2D eigenvalue weighted by Crippen LogP contribution is 2.32. The van der Waals surface area contributed by atoms with Gasteiger partial charge < -0.3 is 14.8 Å². The van der Waals surface area contributed by atoms with Crippen LogP contribution in [0.1, 0.15) is 30.9 Å². The first-order chi connectivity index (χ1) is 11.8. The van der Waals surface area contributed by atoms with Crippen molar-refractivity contribution in [3.8, 4) is 11.5 Å². The van der Waals surface area contributed by atoms with E-state index in [1.54, 1.807) is 18.2 Å². The lowest BCUT2D eigenvalue weighted by Gasteiger charge is -2.16. The summed E-state index contributed by atoms with van der Waals surface area (Å²) in [6, 6.07) is 9.02. The molecule has 2 aromatic rings. The summed E-state index contributed by atoms with van der Waals surface area (Å²) in [4.78, 5) is 12.3. The highest BCUT2D eigenvalue weighted by molar-refractivity contribution is 9.10. The predicted octanol–water partition coefficient (Wildman–Crippen LogP) is 5.56. The van der Waals surface area contributed by atoms with Gasteiger partial charge in [0, 0.05) is 9.50 Å². The second-order valence-corrected chi connectivity index (χ2v) is 7.27. The molecule has 4 nitrogen and oxygen atoms in total. The van der Waals surface area contributed by atoms with Crippen LogP contribution in [-0.4, -0.2) is 19.6 Å². The van der Waals surface area contributed by atoms with Gasteiger partial charge in [-0.15, -0.1) is 0 Å². The highest BCUT2D eigenvalue weighted by Gasteiger charge is 2.14. The number of amides is 1. The van der Waals surface area contributed by atoms with Crippen LogP contribution in [0.2, 0.25) is 5.02 Å². The Hall–Kier alpha value is -1.72. The molecule has 0 atom stereocenters. The van der Waals surface area contributed by atoms with Gasteiger partial charge >= 0.3 is 0 Å². The molecular weight excluding hydrogens is 406 g/mol. The topological polar surface area (TPSA) is 47.6 Å². The Labute approximate surface area is 161 Å². The molecule has 0 radical (unpaired) electrons. The molecule has 0 spiro atoms. The van der Waals surface area contributed by atoms with Gasteiger partial charge in [-0.2, -0.15) is 0 Å². The van der Waals surface area contributed by atoms with Crippen LogP contribution in [0.3, 0.4) is 0 Å². The summed E-state index contributed by atoms with van der Waals surface area (Å²) >= 11 is 9.51. The molecule has 1 N–H and O–H groups in total. The number of halogens is 2. The van der Waals surface area contributed by atoms with E-state index in [2.05, 4.69) is 35.1 Å². The van der Waals surface area contributed by atoms with Crippen LogP contribution in [0.4, 0.5) is 5.69 Å². The second-order valence-electron chi connectivity index (χ2n) is 5.98. The minimum atomic E-state index is -0.282. The van der Waals surface area contributed by atoms with E-state index in [1.165, 1.54) is 7.11 Å². The van der Waals surface area contributed by atoms with E-state index >= 15 is 0 Å². The molecule has 2 rings (SSSR count). The monoisotopic (exact) mass is 425 g/mol. The molecule has 0 fully saturated rings. The zero-order chi connectivity index (χ0) is 18.6. The van der Waals surface area contributed by atoms with Gasteiger partial charge in [-0.25, -0.2) is 0 Å². The van der Waals surface area contributed by atoms with Gasteiger partial charge in [0.1, 0.15) is 11.5 Å². The fourth-order valence-corrected chi connectivity index (χ4v) is 2.89. The van der Waals surface area contributed by atoms with Crippen molar-refractivity contribution in [2.24, 2.45) is 0 Å². The molecule has 1 amide bonds. The average molecular weight is 427 g/mol. The van der Waals surface area contributed by atoms with Crippen molar-refractivity contribution in [3.05, 3.63) is 51.0 Å². The minimum Gasteiger partial charge on any atom is -0.495 e. The Kier molecular flexibility index (Phi) is 6.73.